The molecule has 1 aromatic rings. The normalized spacial score (nSPS) is 15.1. The number of rotatable bonds is 7. The number of hydrogen-bond donors (Lipinski definition) is 2. The summed E-state index contributed by atoms with van der Waals surface area (Å²) in [5.74, 6) is -0.135. The van der Waals surface area contributed by atoms with E-state index in [9.17, 15) is 4.79 Å². The quantitative estimate of drug-likeness (QED) is 0.808. The number of ether oxygens (including phenoxy) is 1. The minimum atomic E-state index is -0.812. The van der Waals surface area contributed by atoms with Crippen LogP contribution in [0.2, 0.25) is 0 Å². The van der Waals surface area contributed by atoms with Gasteiger partial charge in [-0.05, 0) is 20.3 Å². The van der Waals surface area contributed by atoms with Gasteiger partial charge in [-0.2, -0.15) is 0 Å². The van der Waals surface area contributed by atoms with Crippen molar-refractivity contribution >= 4 is 29.7 Å². The number of carbonyl (C=O) groups is 1. The van der Waals surface area contributed by atoms with Gasteiger partial charge in [-0.3, -0.25) is 4.79 Å². The van der Waals surface area contributed by atoms with Crippen molar-refractivity contribution in [3.05, 3.63) is 16.1 Å². The van der Waals surface area contributed by atoms with Gasteiger partial charge in [0.05, 0.1) is 17.8 Å². The molecule has 5 nitrogen and oxygen atoms in total. The van der Waals surface area contributed by atoms with E-state index in [0.717, 1.165) is 17.1 Å². The summed E-state index contributed by atoms with van der Waals surface area (Å²) in [6.45, 7) is 6.12. The van der Waals surface area contributed by atoms with Crippen LogP contribution in [0, 0.1) is 0 Å². The topological polar surface area (TPSA) is 77.2 Å². The fraction of sp³-hybridized carbons (Fsp3) is 0.692. The van der Waals surface area contributed by atoms with Crippen LogP contribution in [0.5, 0.6) is 0 Å². The zero-order valence-electron chi connectivity index (χ0n) is 12.4. The number of methoxy groups -OCH3 is 1. The molecule has 0 bridgehead atoms. The Balaban J connectivity index is 0.00000361. The molecule has 2 unspecified atom stereocenters. The van der Waals surface area contributed by atoms with E-state index in [1.54, 1.807) is 14.0 Å². The van der Waals surface area contributed by atoms with Crippen LogP contribution in [0.1, 0.15) is 50.4 Å². The third-order valence-electron chi connectivity index (χ3n) is 2.99. The monoisotopic (exact) mass is 321 g/mol. The van der Waals surface area contributed by atoms with Crippen LogP contribution in [0.3, 0.4) is 0 Å². The lowest BCUT2D eigenvalue weighted by Crippen LogP contribution is -2.51. The highest BCUT2D eigenvalue weighted by atomic mass is 35.5. The number of amides is 1. The first kappa shape index (κ1) is 19.3. The summed E-state index contributed by atoms with van der Waals surface area (Å²) in [5, 5.41) is 5.68. The van der Waals surface area contributed by atoms with Gasteiger partial charge >= 0.3 is 0 Å². The lowest BCUT2D eigenvalue weighted by molar-refractivity contribution is -0.126. The second-order valence-corrected chi connectivity index (χ2v) is 5.79. The summed E-state index contributed by atoms with van der Waals surface area (Å²) in [4.78, 5) is 16.4. The van der Waals surface area contributed by atoms with Crippen molar-refractivity contribution in [2.45, 2.75) is 51.8 Å². The van der Waals surface area contributed by atoms with Gasteiger partial charge in [-0.15, -0.1) is 23.7 Å². The Morgan fingerprint density at radius 3 is 2.85 bits per heavy atom. The van der Waals surface area contributed by atoms with E-state index < -0.39 is 5.54 Å². The number of thiazole rings is 1. The van der Waals surface area contributed by atoms with Crippen molar-refractivity contribution in [1.82, 2.24) is 10.3 Å². The van der Waals surface area contributed by atoms with Crippen LogP contribution in [0.15, 0.2) is 5.38 Å². The van der Waals surface area contributed by atoms with E-state index in [4.69, 9.17) is 10.5 Å². The van der Waals surface area contributed by atoms with Crippen molar-refractivity contribution in [1.29, 1.82) is 0 Å². The van der Waals surface area contributed by atoms with E-state index >= 15 is 0 Å². The average Bonchev–Trinajstić information content (AvgIpc) is 2.83. The maximum atomic E-state index is 11.9. The summed E-state index contributed by atoms with van der Waals surface area (Å²) in [6.07, 6.45) is 1.53. The molecule has 0 saturated heterocycles. The average molecular weight is 322 g/mol. The zero-order chi connectivity index (χ0) is 14.5. The zero-order valence-corrected chi connectivity index (χ0v) is 14.1. The first-order chi connectivity index (χ1) is 8.90. The molecule has 1 amide bonds. The molecule has 0 aromatic carbocycles. The smallest absolute Gasteiger partial charge is 0.240 e. The number of nitrogens with zero attached hydrogens (tertiary/aromatic N) is 1. The lowest BCUT2D eigenvalue weighted by atomic mass is 9.96. The fourth-order valence-electron chi connectivity index (χ4n) is 1.70. The number of carbonyl (C=O) groups excluding carboxylic acids is 1. The Morgan fingerprint density at radius 1 is 1.65 bits per heavy atom. The molecule has 0 fully saturated rings. The molecule has 3 N–H and O–H groups in total. The molecule has 0 aliphatic heterocycles. The molecule has 1 rings (SSSR count). The van der Waals surface area contributed by atoms with Gasteiger partial charge in [-0.1, -0.05) is 13.3 Å². The molecule has 0 aliphatic rings. The maximum absolute atomic E-state index is 11.9. The van der Waals surface area contributed by atoms with Gasteiger partial charge in [0.25, 0.3) is 0 Å². The maximum Gasteiger partial charge on any atom is 0.240 e. The van der Waals surface area contributed by atoms with Gasteiger partial charge in [0.1, 0.15) is 11.1 Å². The van der Waals surface area contributed by atoms with E-state index in [1.807, 2.05) is 19.2 Å². The van der Waals surface area contributed by atoms with E-state index in [2.05, 4.69) is 10.3 Å². The first-order valence-electron chi connectivity index (χ1n) is 6.45. The standard InChI is InChI=1S/C13H23N3O2S.ClH/c1-5-6-13(3,14)12(17)15-7-10-8-19-11(16-10)9(2)18-4;/h8-9H,5-7,14H2,1-4H3,(H,15,17);1H. The largest absolute Gasteiger partial charge is 0.375 e. The molecule has 1 aromatic heterocycles. The summed E-state index contributed by atoms with van der Waals surface area (Å²) < 4.78 is 5.20. The number of halogens is 1. The van der Waals surface area contributed by atoms with Gasteiger partial charge in [0.15, 0.2) is 0 Å². The van der Waals surface area contributed by atoms with Crippen LogP contribution in [0.4, 0.5) is 0 Å². The highest BCUT2D eigenvalue weighted by Gasteiger charge is 2.26. The predicted octanol–water partition coefficient (Wildman–Crippen LogP) is 2.41. The molecule has 0 radical (unpaired) electrons. The highest BCUT2D eigenvalue weighted by molar-refractivity contribution is 7.09. The van der Waals surface area contributed by atoms with Crippen LogP contribution in [0.25, 0.3) is 0 Å². The highest BCUT2D eigenvalue weighted by Crippen LogP contribution is 2.20. The lowest BCUT2D eigenvalue weighted by Gasteiger charge is -2.22. The van der Waals surface area contributed by atoms with E-state index in [1.165, 1.54) is 11.3 Å². The Kier molecular flexibility index (Phi) is 8.27. The SMILES string of the molecule is CCCC(C)(N)C(=O)NCc1csc(C(C)OC)n1.Cl. The fourth-order valence-corrected chi connectivity index (χ4v) is 2.55. The van der Waals surface area contributed by atoms with Crippen molar-refractivity contribution < 1.29 is 9.53 Å². The third-order valence-corrected chi connectivity index (χ3v) is 4.04. The molecule has 20 heavy (non-hydrogen) atoms. The summed E-state index contributed by atoms with van der Waals surface area (Å²) in [6, 6.07) is 0. The Labute approximate surface area is 130 Å². The number of nitrogens with two attached hydrogens (primary N) is 1. The van der Waals surface area contributed by atoms with E-state index in [0.29, 0.717) is 13.0 Å². The predicted molar refractivity (Wildman–Crippen MR) is 84.1 cm³/mol. The summed E-state index contributed by atoms with van der Waals surface area (Å²) in [5.41, 5.74) is 5.99. The Bertz CT molecular complexity index is 424. The molecular weight excluding hydrogens is 298 g/mol. The summed E-state index contributed by atoms with van der Waals surface area (Å²) in [7, 11) is 1.65. The number of nitrogens with one attached hydrogen (secondary N) is 1. The van der Waals surface area contributed by atoms with Gasteiger partial charge < -0.3 is 15.8 Å². The summed E-state index contributed by atoms with van der Waals surface area (Å²) >= 11 is 1.53. The molecular formula is C13H24ClN3O2S. The Morgan fingerprint density at radius 2 is 2.30 bits per heavy atom. The molecule has 0 spiro atoms. The van der Waals surface area contributed by atoms with Crippen LogP contribution in [-0.2, 0) is 16.1 Å². The molecule has 0 saturated carbocycles. The minimum Gasteiger partial charge on any atom is -0.375 e. The van der Waals surface area contributed by atoms with Gasteiger partial charge in [-0.25, -0.2) is 4.98 Å². The molecule has 0 aliphatic carbocycles. The van der Waals surface area contributed by atoms with E-state index in [-0.39, 0.29) is 24.4 Å². The van der Waals surface area contributed by atoms with Crippen molar-refractivity contribution in [2.24, 2.45) is 5.73 Å². The second kappa shape index (κ2) is 8.56. The van der Waals surface area contributed by atoms with Crippen LogP contribution in [-0.4, -0.2) is 23.5 Å². The molecule has 7 heteroatoms. The van der Waals surface area contributed by atoms with Gasteiger partial charge in [0.2, 0.25) is 5.91 Å². The Hall–Kier alpha value is -0.690. The molecule has 2 atom stereocenters. The molecule has 116 valence electrons. The van der Waals surface area contributed by atoms with Crippen molar-refractivity contribution in [2.75, 3.05) is 7.11 Å². The number of aromatic nitrogens is 1. The van der Waals surface area contributed by atoms with Gasteiger partial charge in [0, 0.05) is 12.5 Å². The van der Waals surface area contributed by atoms with Crippen molar-refractivity contribution in [3.63, 3.8) is 0 Å². The molecule has 1 heterocycles. The third kappa shape index (κ3) is 5.36. The minimum absolute atomic E-state index is 0. The van der Waals surface area contributed by atoms with Crippen molar-refractivity contribution in [3.8, 4) is 0 Å². The first-order valence-corrected chi connectivity index (χ1v) is 7.33. The van der Waals surface area contributed by atoms with Crippen LogP contribution >= 0.6 is 23.7 Å². The number of hydrogen-bond acceptors (Lipinski definition) is 5. The second-order valence-electron chi connectivity index (χ2n) is 4.91. The van der Waals surface area contributed by atoms with Crippen LogP contribution < -0.4 is 11.1 Å².